The molecule has 6 nitrogen and oxygen atoms in total. The highest BCUT2D eigenvalue weighted by Gasteiger charge is 2.23. The summed E-state index contributed by atoms with van der Waals surface area (Å²) in [6.07, 6.45) is 0.888. The largest absolute Gasteiger partial charge is 0.443 e. The summed E-state index contributed by atoms with van der Waals surface area (Å²) in [5, 5.41) is 4.29. The standard InChI is InChI=1S/C15H19FN4O2/c1-15(2,3)22-14(21)19(4)13-9-11(18-20(13)5)10-6-7-17-12(16)8-10/h6-9H,1-5H3. The molecule has 0 N–H and O–H groups in total. The van der Waals surface area contributed by atoms with Crippen molar-refractivity contribution in [2.45, 2.75) is 26.4 Å². The molecule has 0 spiro atoms. The topological polar surface area (TPSA) is 60.3 Å². The second kappa shape index (κ2) is 5.75. The fourth-order valence-corrected chi connectivity index (χ4v) is 1.90. The lowest BCUT2D eigenvalue weighted by Crippen LogP contribution is -2.35. The molecule has 0 aliphatic heterocycles. The zero-order chi connectivity index (χ0) is 16.5. The van der Waals surface area contributed by atoms with Crippen LogP contribution in [0.1, 0.15) is 20.8 Å². The first-order chi connectivity index (χ1) is 10.2. The summed E-state index contributed by atoms with van der Waals surface area (Å²) in [6, 6.07) is 4.64. The third kappa shape index (κ3) is 3.60. The van der Waals surface area contributed by atoms with E-state index in [9.17, 15) is 9.18 Å². The Labute approximate surface area is 128 Å². The molecule has 22 heavy (non-hydrogen) atoms. The van der Waals surface area contributed by atoms with Gasteiger partial charge in [-0.3, -0.25) is 9.58 Å². The van der Waals surface area contributed by atoms with Crippen LogP contribution in [-0.4, -0.2) is 33.5 Å². The van der Waals surface area contributed by atoms with E-state index in [1.54, 1.807) is 47.0 Å². The molecule has 118 valence electrons. The van der Waals surface area contributed by atoms with Gasteiger partial charge in [0.1, 0.15) is 11.4 Å². The highest BCUT2D eigenvalue weighted by atomic mass is 19.1. The lowest BCUT2D eigenvalue weighted by molar-refractivity contribution is 0.0587. The van der Waals surface area contributed by atoms with Crippen LogP contribution in [0.4, 0.5) is 15.0 Å². The number of pyridine rings is 1. The van der Waals surface area contributed by atoms with E-state index >= 15 is 0 Å². The van der Waals surface area contributed by atoms with E-state index in [4.69, 9.17) is 4.74 Å². The smallest absolute Gasteiger partial charge is 0.415 e. The maximum Gasteiger partial charge on any atom is 0.415 e. The number of rotatable bonds is 2. The van der Waals surface area contributed by atoms with Gasteiger partial charge in [0.2, 0.25) is 5.95 Å². The molecular formula is C15H19FN4O2. The van der Waals surface area contributed by atoms with E-state index < -0.39 is 17.6 Å². The van der Waals surface area contributed by atoms with Crippen LogP contribution < -0.4 is 4.90 Å². The van der Waals surface area contributed by atoms with E-state index in [2.05, 4.69) is 10.1 Å². The van der Waals surface area contributed by atoms with Crippen molar-refractivity contribution < 1.29 is 13.9 Å². The first-order valence-electron chi connectivity index (χ1n) is 6.80. The van der Waals surface area contributed by atoms with Crippen molar-refractivity contribution in [3.05, 3.63) is 30.3 Å². The molecule has 0 saturated heterocycles. The highest BCUT2D eigenvalue weighted by Crippen LogP contribution is 2.24. The summed E-state index contributed by atoms with van der Waals surface area (Å²) in [5.41, 5.74) is 0.558. The Balaban J connectivity index is 2.28. The molecule has 0 atom stereocenters. The third-order valence-corrected chi connectivity index (χ3v) is 2.89. The first kappa shape index (κ1) is 15.9. The number of aryl methyl sites for hydroxylation is 1. The summed E-state index contributed by atoms with van der Waals surface area (Å²) >= 11 is 0. The van der Waals surface area contributed by atoms with Crippen molar-refractivity contribution in [1.29, 1.82) is 0 Å². The van der Waals surface area contributed by atoms with Crippen molar-refractivity contribution in [2.75, 3.05) is 11.9 Å². The lowest BCUT2D eigenvalue weighted by Gasteiger charge is -2.24. The van der Waals surface area contributed by atoms with Crippen molar-refractivity contribution in [1.82, 2.24) is 14.8 Å². The van der Waals surface area contributed by atoms with Gasteiger partial charge in [-0.15, -0.1) is 0 Å². The number of anilines is 1. The quantitative estimate of drug-likeness (QED) is 0.800. The average Bonchev–Trinajstić information content (AvgIpc) is 2.78. The van der Waals surface area contributed by atoms with E-state index in [1.165, 1.54) is 21.8 Å². The number of amides is 1. The average molecular weight is 306 g/mol. The van der Waals surface area contributed by atoms with Crippen LogP contribution in [0.25, 0.3) is 11.3 Å². The minimum atomic E-state index is -0.582. The van der Waals surface area contributed by atoms with Gasteiger partial charge >= 0.3 is 6.09 Å². The van der Waals surface area contributed by atoms with Gasteiger partial charge in [-0.2, -0.15) is 9.49 Å². The third-order valence-electron chi connectivity index (χ3n) is 2.89. The Kier molecular flexibility index (Phi) is 4.16. The molecule has 0 aliphatic carbocycles. The number of ether oxygens (including phenoxy) is 1. The monoisotopic (exact) mass is 306 g/mol. The number of hydrogen-bond donors (Lipinski definition) is 0. The number of carbonyl (C=O) groups excluding carboxylic acids is 1. The molecule has 2 rings (SSSR count). The molecule has 2 heterocycles. The highest BCUT2D eigenvalue weighted by molar-refractivity contribution is 5.87. The van der Waals surface area contributed by atoms with E-state index in [0.717, 1.165) is 0 Å². The second-order valence-electron chi connectivity index (χ2n) is 5.92. The molecule has 0 radical (unpaired) electrons. The molecule has 2 aromatic rings. The van der Waals surface area contributed by atoms with Crippen LogP contribution in [0.5, 0.6) is 0 Å². The molecule has 0 aromatic carbocycles. The second-order valence-corrected chi connectivity index (χ2v) is 5.92. The van der Waals surface area contributed by atoms with Gasteiger partial charge in [-0.05, 0) is 26.8 Å². The number of halogens is 1. The van der Waals surface area contributed by atoms with Crippen LogP contribution in [0.2, 0.25) is 0 Å². The van der Waals surface area contributed by atoms with Gasteiger partial charge in [0.25, 0.3) is 0 Å². The minimum Gasteiger partial charge on any atom is -0.443 e. The summed E-state index contributed by atoms with van der Waals surface area (Å²) in [7, 11) is 3.30. The Morgan fingerprint density at radius 2 is 2.05 bits per heavy atom. The molecule has 7 heteroatoms. The predicted octanol–water partition coefficient (Wildman–Crippen LogP) is 2.99. The Morgan fingerprint density at radius 3 is 2.64 bits per heavy atom. The van der Waals surface area contributed by atoms with Gasteiger partial charge in [0.05, 0.1) is 5.69 Å². The van der Waals surface area contributed by atoms with Crippen LogP contribution in [0.15, 0.2) is 24.4 Å². The zero-order valence-electron chi connectivity index (χ0n) is 13.3. The SMILES string of the molecule is CN(C(=O)OC(C)(C)C)c1cc(-c2ccnc(F)c2)nn1C. The number of aromatic nitrogens is 3. The fraction of sp³-hybridized carbons (Fsp3) is 0.400. The fourth-order valence-electron chi connectivity index (χ4n) is 1.90. The summed E-state index contributed by atoms with van der Waals surface area (Å²) in [6.45, 7) is 5.40. The number of nitrogens with zero attached hydrogens (tertiary/aromatic N) is 4. The van der Waals surface area contributed by atoms with Crippen molar-refractivity contribution in [3.63, 3.8) is 0 Å². The predicted molar refractivity (Wildman–Crippen MR) is 81.0 cm³/mol. The van der Waals surface area contributed by atoms with Gasteiger partial charge in [0.15, 0.2) is 0 Å². The van der Waals surface area contributed by atoms with E-state index in [0.29, 0.717) is 17.1 Å². The molecule has 2 aromatic heterocycles. The normalized spacial score (nSPS) is 11.4. The van der Waals surface area contributed by atoms with Crippen LogP contribution >= 0.6 is 0 Å². The minimum absolute atomic E-state index is 0.483. The first-order valence-corrected chi connectivity index (χ1v) is 6.80. The summed E-state index contributed by atoms with van der Waals surface area (Å²) in [4.78, 5) is 17.0. The van der Waals surface area contributed by atoms with Gasteiger partial charge in [-0.25, -0.2) is 9.78 Å². The van der Waals surface area contributed by atoms with Gasteiger partial charge in [0, 0.05) is 38.0 Å². The molecule has 0 saturated carbocycles. The molecule has 0 fully saturated rings. The van der Waals surface area contributed by atoms with Gasteiger partial charge < -0.3 is 4.74 Å². The maximum atomic E-state index is 13.2. The molecule has 1 amide bonds. The Hall–Kier alpha value is -2.44. The van der Waals surface area contributed by atoms with Crippen molar-refractivity contribution in [2.24, 2.45) is 7.05 Å². The van der Waals surface area contributed by atoms with E-state index in [-0.39, 0.29) is 0 Å². The molecule has 0 aliphatic rings. The summed E-state index contributed by atoms with van der Waals surface area (Å²) < 4.78 is 20.1. The Bertz CT molecular complexity index is 691. The van der Waals surface area contributed by atoms with Crippen LogP contribution in [-0.2, 0) is 11.8 Å². The van der Waals surface area contributed by atoms with Crippen LogP contribution in [0, 0.1) is 5.95 Å². The maximum absolute atomic E-state index is 13.2. The van der Waals surface area contributed by atoms with Crippen molar-refractivity contribution in [3.8, 4) is 11.3 Å². The number of carbonyl (C=O) groups is 1. The summed E-state index contributed by atoms with van der Waals surface area (Å²) in [5.74, 6) is -0.0355. The Morgan fingerprint density at radius 1 is 1.36 bits per heavy atom. The van der Waals surface area contributed by atoms with Crippen LogP contribution in [0.3, 0.4) is 0 Å². The van der Waals surface area contributed by atoms with Gasteiger partial charge in [-0.1, -0.05) is 0 Å². The molecular weight excluding hydrogens is 287 g/mol. The lowest BCUT2D eigenvalue weighted by atomic mass is 10.2. The number of hydrogen-bond acceptors (Lipinski definition) is 4. The molecule has 0 unspecified atom stereocenters. The molecule has 0 bridgehead atoms. The van der Waals surface area contributed by atoms with E-state index in [1.807, 2.05) is 0 Å². The van der Waals surface area contributed by atoms with Crippen molar-refractivity contribution >= 4 is 11.9 Å². The zero-order valence-corrected chi connectivity index (χ0v) is 13.3.